The first kappa shape index (κ1) is 21.7. The topological polar surface area (TPSA) is 45.0 Å². The van der Waals surface area contributed by atoms with Crippen LogP contribution in [0.1, 0.15) is 12.6 Å². The number of hydrogen-bond acceptors (Lipinski definition) is 3. The van der Waals surface area contributed by atoms with Gasteiger partial charge in [-0.1, -0.05) is 0 Å². The zero-order valence-corrected chi connectivity index (χ0v) is 18.9. The van der Waals surface area contributed by atoms with Gasteiger partial charge in [-0.3, -0.25) is 9.89 Å². The smallest absolute Gasteiger partial charge is 0.193 e. The summed E-state index contributed by atoms with van der Waals surface area (Å²) in [7, 11) is 5.95. The summed E-state index contributed by atoms with van der Waals surface area (Å²) in [5.41, 5.74) is 1.24. The molecule has 0 amide bonds. The Morgan fingerprint density at radius 3 is 2.88 bits per heavy atom. The molecule has 0 spiro atoms. The average Bonchev–Trinajstić information content (AvgIpc) is 2.83. The van der Waals surface area contributed by atoms with E-state index in [2.05, 4.69) is 73.9 Å². The van der Waals surface area contributed by atoms with E-state index in [0.717, 1.165) is 49.8 Å². The van der Waals surface area contributed by atoms with Gasteiger partial charge in [-0.05, 0) is 28.9 Å². The minimum atomic E-state index is 0. The van der Waals surface area contributed by atoms with Crippen LogP contribution in [0.4, 0.5) is 0 Å². The van der Waals surface area contributed by atoms with Gasteiger partial charge in [0.15, 0.2) is 5.96 Å². The van der Waals surface area contributed by atoms with E-state index < -0.39 is 0 Å². The fraction of sp³-hybridized carbons (Fsp3) is 0.688. The van der Waals surface area contributed by atoms with Crippen molar-refractivity contribution in [1.29, 1.82) is 0 Å². The number of halogens is 2. The predicted octanol–water partition coefficient (Wildman–Crippen LogP) is 2.13. The molecule has 1 unspecified atom stereocenters. The van der Waals surface area contributed by atoms with Crippen LogP contribution in [0.2, 0.25) is 0 Å². The maximum absolute atomic E-state index is 5.48. The Labute approximate surface area is 170 Å². The van der Waals surface area contributed by atoms with Gasteiger partial charge >= 0.3 is 0 Å². The molecule has 24 heavy (non-hydrogen) atoms. The van der Waals surface area contributed by atoms with E-state index in [1.165, 1.54) is 5.69 Å². The van der Waals surface area contributed by atoms with Gasteiger partial charge in [0.05, 0.1) is 19.8 Å². The third-order valence-corrected chi connectivity index (χ3v) is 4.67. The third kappa shape index (κ3) is 6.20. The van der Waals surface area contributed by atoms with Gasteiger partial charge < -0.3 is 19.5 Å². The lowest BCUT2D eigenvalue weighted by Gasteiger charge is -2.33. The van der Waals surface area contributed by atoms with E-state index in [4.69, 9.17) is 4.74 Å². The summed E-state index contributed by atoms with van der Waals surface area (Å²) < 4.78 is 8.71. The van der Waals surface area contributed by atoms with E-state index in [9.17, 15) is 0 Å². The van der Waals surface area contributed by atoms with Gasteiger partial charge in [-0.2, -0.15) is 0 Å². The molecule has 1 atom stereocenters. The molecule has 1 aromatic rings. The lowest BCUT2D eigenvalue weighted by molar-refractivity contribution is 0.000832. The average molecular weight is 514 g/mol. The molecule has 0 saturated carbocycles. The minimum absolute atomic E-state index is 0. The highest BCUT2D eigenvalue weighted by Crippen LogP contribution is 2.15. The van der Waals surface area contributed by atoms with Crippen LogP contribution < -0.4 is 5.32 Å². The first-order valence-electron chi connectivity index (χ1n) is 8.05. The number of aromatic nitrogens is 1. The summed E-state index contributed by atoms with van der Waals surface area (Å²) in [5, 5.41) is 3.46. The highest BCUT2D eigenvalue weighted by atomic mass is 127. The second-order valence-corrected chi connectivity index (χ2v) is 6.97. The summed E-state index contributed by atoms with van der Waals surface area (Å²) in [6, 6.07) is 2.63. The Kier molecular flexibility index (Phi) is 9.61. The van der Waals surface area contributed by atoms with Crippen molar-refractivity contribution in [2.24, 2.45) is 12.0 Å². The van der Waals surface area contributed by atoms with Crippen molar-refractivity contribution >= 4 is 45.9 Å². The Morgan fingerprint density at radius 1 is 1.54 bits per heavy atom. The van der Waals surface area contributed by atoms with Crippen LogP contribution in [0.5, 0.6) is 0 Å². The van der Waals surface area contributed by atoms with Gasteiger partial charge in [0.2, 0.25) is 0 Å². The van der Waals surface area contributed by atoms with Crippen molar-refractivity contribution in [3.05, 3.63) is 22.4 Å². The summed E-state index contributed by atoms with van der Waals surface area (Å²) >= 11 is 3.52. The standard InChI is InChI=1S/C16H28BrN5O.HI/c1-13-12-23-8-7-22(13)6-5-19-16(18-2)21(4)11-15-9-14(17)10-20(15)3;/h9-10,13H,5-8,11-12H2,1-4H3,(H,18,19);1H. The van der Waals surface area contributed by atoms with Crippen LogP contribution in [0, 0.1) is 0 Å². The summed E-state index contributed by atoms with van der Waals surface area (Å²) in [6.07, 6.45) is 2.07. The van der Waals surface area contributed by atoms with Gasteiger partial charge in [0.25, 0.3) is 0 Å². The zero-order valence-electron chi connectivity index (χ0n) is 15.0. The second kappa shape index (κ2) is 10.6. The van der Waals surface area contributed by atoms with Crippen LogP contribution in [0.3, 0.4) is 0 Å². The number of guanidine groups is 1. The number of aryl methyl sites for hydroxylation is 1. The fourth-order valence-electron chi connectivity index (χ4n) is 2.83. The fourth-order valence-corrected chi connectivity index (χ4v) is 3.40. The third-order valence-electron chi connectivity index (χ3n) is 4.23. The second-order valence-electron chi connectivity index (χ2n) is 6.05. The van der Waals surface area contributed by atoms with Gasteiger partial charge in [0, 0.05) is 63.2 Å². The summed E-state index contributed by atoms with van der Waals surface area (Å²) in [5.74, 6) is 0.920. The molecule has 0 aromatic carbocycles. The number of nitrogens with one attached hydrogen (secondary N) is 1. The molecule has 0 aliphatic carbocycles. The number of nitrogens with zero attached hydrogens (tertiary/aromatic N) is 4. The normalized spacial score (nSPS) is 19.0. The van der Waals surface area contributed by atoms with E-state index >= 15 is 0 Å². The lowest BCUT2D eigenvalue weighted by atomic mass is 10.2. The number of hydrogen-bond donors (Lipinski definition) is 1. The Balaban J connectivity index is 0.00000288. The number of morpholine rings is 1. The first-order chi connectivity index (χ1) is 11.0. The van der Waals surface area contributed by atoms with Crippen molar-refractivity contribution in [3.63, 3.8) is 0 Å². The van der Waals surface area contributed by atoms with Crippen molar-refractivity contribution in [2.45, 2.75) is 19.5 Å². The Morgan fingerprint density at radius 2 is 2.29 bits per heavy atom. The van der Waals surface area contributed by atoms with Crippen LogP contribution in [-0.4, -0.2) is 73.3 Å². The van der Waals surface area contributed by atoms with Crippen LogP contribution in [-0.2, 0) is 18.3 Å². The quantitative estimate of drug-likeness (QED) is 0.372. The van der Waals surface area contributed by atoms with Gasteiger partial charge in [-0.25, -0.2) is 0 Å². The molecule has 8 heteroatoms. The van der Waals surface area contributed by atoms with E-state index in [1.54, 1.807) is 0 Å². The van der Waals surface area contributed by atoms with E-state index in [-0.39, 0.29) is 24.0 Å². The first-order valence-corrected chi connectivity index (χ1v) is 8.85. The zero-order chi connectivity index (χ0) is 16.8. The Bertz CT molecular complexity index is 537. The molecule has 0 radical (unpaired) electrons. The van der Waals surface area contributed by atoms with Crippen molar-refractivity contribution in [1.82, 2.24) is 19.7 Å². The molecule has 1 aliphatic heterocycles. The van der Waals surface area contributed by atoms with Gasteiger partial charge in [0.1, 0.15) is 0 Å². The van der Waals surface area contributed by atoms with Crippen LogP contribution in [0.25, 0.3) is 0 Å². The molecule has 138 valence electrons. The highest BCUT2D eigenvalue weighted by molar-refractivity contribution is 14.0. The van der Waals surface area contributed by atoms with Crippen LogP contribution >= 0.6 is 39.9 Å². The van der Waals surface area contributed by atoms with Crippen molar-refractivity contribution in [3.8, 4) is 0 Å². The molecule has 1 saturated heterocycles. The lowest BCUT2D eigenvalue weighted by Crippen LogP contribution is -2.48. The molecule has 0 bridgehead atoms. The van der Waals surface area contributed by atoms with E-state index in [1.807, 2.05) is 7.05 Å². The molecular formula is C16H29BrIN5O. The molecule has 2 rings (SSSR count). The number of rotatable bonds is 5. The van der Waals surface area contributed by atoms with Crippen LogP contribution in [0.15, 0.2) is 21.7 Å². The van der Waals surface area contributed by atoms with E-state index in [0.29, 0.717) is 6.04 Å². The SMILES string of the molecule is CN=C(NCCN1CCOCC1C)N(C)Cc1cc(Br)cn1C.I. The van der Waals surface area contributed by atoms with Crippen molar-refractivity contribution < 1.29 is 4.74 Å². The molecule has 1 fully saturated rings. The Hall–Kier alpha value is -0.320. The molecule has 1 aliphatic rings. The molecule has 1 N–H and O–H groups in total. The number of aliphatic imine (C=N–C) groups is 1. The molecular weight excluding hydrogens is 485 g/mol. The van der Waals surface area contributed by atoms with Gasteiger partial charge in [-0.15, -0.1) is 24.0 Å². The monoisotopic (exact) mass is 513 g/mol. The molecule has 2 heterocycles. The largest absolute Gasteiger partial charge is 0.379 e. The summed E-state index contributed by atoms with van der Waals surface area (Å²) in [6.45, 7) is 7.60. The summed E-state index contributed by atoms with van der Waals surface area (Å²) in [4.78, 5) is 8.99. The molecule has 1 aromatic heterocycles. The molecule has 6 nitrogen and oxygen atoms in total. The highest BCUT2D eigenvalue weighted by Gasteiger charge is 2.18. The predicted molar refractivity (Wildman–Crippen MR) is 113 cm³/mol. The maximum Gasteiger partial charge on any atom is 0.193 e. The maximum atomic E-state index is 5.48. The van der Waals surface area contributed by atoms with Crippen molar-refractivity contribution in [2.75, 3.05) is 46.9 Å². The number of ether oxygens (including phenoxy) is 1. The minimum Gasteiger partial charge on any atom is -0.379 e.